The Morgan fingerprint density at radius 3 is 2.61 bits per heavy atom. The van der Waals surface area contributed by atoms with Crippen LogP contribution >= 0.6 is 0 Å². The highest BCUT2D eigenvalue weighted by atomic mass is 15.1. The molecule has 0 N–H and O–H groups in total. The summed E-state index contributed by atoms with van der Waals surface area (Å²) < 4.78 is 0. The van der Waals surface area contributed by atoms with Crippen LogP contribution in [-0.4, -0.2) is 18.1 Å². The van der Waals surface area contributed by atoms with E-state index in [1.807, 2.05) is 0 Å². The number of pyridine rings is 1. The number of nitrogens with zero attached hydrogens (tertiary/aromatic N) is 2. The predicted octanol–water partition coefficient (Wildman–Crippen LogP) is 5.14. The third-order valence-electron chi connectivity index (χ3n) is 4.76. The predicted molar refractivity (Wildman–Crippen MR) is 97.8 cm³/mol. The van der Waals surface area contributed by atoms with Crippen LogP contribution in [0.15, 0.2) is 60.7 Å². The Morgan fingerprint density at radius 1 is 1.00 bits per heavy atom. The van der Waals surface area contributed by atoms with E-state index in [-0.39, 0.29) is 0 Å². The van der Waals surface area contributed by atoms with Gasteiger partial charge in [-0.1, -0.05) is 55.5 Å². The third kappa shape index (κ3) is 2.81. The molecule has 2 heteroatoms. The Morgan fingerprint density at radius 2 is 1.78 bits per heavy atom. The van der Waals surface area contributed by atoms with E-state index in [4.69, 9.17) is 4.98 Å². The molecule has 2 heterocycles. The zero-order valence-electron chi connectivity index (χ0n) is 13.6. The molecule has 0 aliphatic carbocycles. The van der Waals surface area contributed by atoms with Gasteiger partial charge in [0.25, 0.3) is 0 Å². The summed E-state index contributed by atoms with van der Waals surface area (Å²) in [5.41, 5.74) is 4.67. The average molecular weight is 302 g/mol. The van der Waals surface area contributed by atoms with Crippen molar-refractivity contribution in [2.75, 3.05) is 18.0 Å². The van der Waals surface area contributed by atoms with Crippen LogP contribution in [0.25, 0.3) is 22.2 Å². The average Bonchev–Trinajstić information content (AvgIpc) is 2.61. The molecule has 4 rings (SSSR count). The Hall–Kier alpha value is -2.35. The van der Waals surface area contributed by atoms with Crippen LogP contribution in [0.2, 0.25) is 0 Å². The van der Waals surface area contributed by atoms with Crippen LogP contribution in [0.1, 0.15) is 19.8 Å². The summed E-state index contributed by atoms with van der Waals surface area (Å²) in [6, 6.07) is 21.3. The minimum Gasteiger partial charge on any atom is -0.371 e. The maximum Gasteiger partial charge on any atom is 0.0730 e. The van der Waals surface area contributed by atoms with E-state index in [1.165, 1.54) is 29.5 Å². The summed E-state index contributed by atoms with van der Waals surface area (Å²) in [6.45, 7) is 4.64. The standard InChI is InChI=1S/C21H22N2/c1-16-8-7-13-23(15-16)21-14-20(17-9-3-2-4-10-17)22-19-12-6-5-11-18(19)21/h2-6,9-12,14,16H,7-8,13,15H2,1H3/t16-/m0/s1. The molecule has 0 unspecified atom stereocenters. The summed E-state index contributed by atoms with van der Waals surface area (Å²) in [5.74, 6) is 0.760. The lowest BCUT2D eigenvalue weighted by atomic mass is 9.98. The molecular formula is C21H22N2. The Bertz CT molecular complexity index is 810. The van der Waals surface area contributed by atoms with Gasteiger partial charge in [0.15, 0.2) is 0 Å². The lowest BCUT2D eigenvalue weighted by molar-refractivity contribution is 0.447. The van der Waals surface area contributed by atoms with Crippen molar-refractivity contribution < 1.29 is 0 Å². The summed E-state index contributed by atoms with van der Waals surface area (Å²) in [4.78, 5) is 7.44. The number of fused-ring (bicyclic) bond motifs is 1. The molecule has 1 aliphatic heterocycles. The topological polar surface area (TPSA) is 16.1 Å². The second kappa shape index (κ2) is 6.04. The van der Waals surface area contributed by atoms with E-state index in [2.05, 4.69) is 72.5 Å². The molecule has 0 amide bonds. The fourth-order valence-corrected chi connectivity index (χ4v) is 3.58. The maximum atomic E-state index is 4.89. The van der Waals surface area contributed by atoms with Gasteiger partial charge in [-0.2, -0.15) is 0 Å². The largest absolute Gasteiger partial charge is 0.371 e. The molecule has 1 aromatic heterocycles. The van der Waals surface area contributed by atoms with Gasteiger partial charge >= 0.3 is 0 Å². The zero-order valence-corrected chi connectivity index (χ0v) is 13.6. The van der Waals surface area contributed by atoms with Crippen molar-refractivity contribution in [3.8, 4) is 11.3 Å². The van der Waals surface area contributed by atoms with Crippen molar-refractivity contribution >= 4 is 16.6 Å². The maximum absolute atomic E-state index is 4.89. The normalized spacial score (nSPS) is 18.3. The number of hydrogen-bond acceptors (Lipinski definition) is 2. The number of piperidine rings is 1. The first-order valence-electron chi connectivity index (χ1n) is 8.51. The van der Waals surface area contributed by atoms with Gasteiger partial charge in [-0.25, -0.2) is 4.98 Å². The highest BCUT2D eigenvalue weighted by Gasteiger charge is 2.19. The minimum absolute atomic E-state index is 0.760. The first-order valence-corrected chi connectivity index (χ1v) is 8.51. The van der Waals surface area contributed by atoms with E-state index in [9.17, 15) is 0 Å². The molecule has 0 saturated carbocycles. The first kappa shape index (κ1) is 14.3. The van der Waals surface area contributed by atoms with Gasteiger partial charge in [-0.05, 0) is 30.9 Å². The minimum atomic E-state index is 0.760. The molecule has 0 bridgehead atoms. The van der Waals surface area contributed by atoms with E-state index in [1.54, 1.807) is 0 Å². The second-order valence-electron chi connectivity index (χ2n) is 6.60. The van der Waals surface area contributed by atoms with Gasteiger partial charge < -0.3 is 4.90 Å². The Kier molecular flexibility index (Phi) is 3.74. The molecule has 0 spiro atoms. The van der Waals surface area contributed by atoms with Crippen molar-refractivity contribution in [3.05, 3.63) is 60.7 Å². The molecule has 2 nitrogen and oxygen atoms in total. The fraction of sp³-hybridized carbons (Fsp3) is 0.286. The highest BCUT2D eigenvalue weighted by molar-refractivity contribution is 5.94. The molecule has 1 fully saturated rings. The number of aromatic nitrogens is 1. The van der Waals surface area contributed by atoms with Crippen molar-refractivity contribution in [3.63, 3.8) is 0 Å². The molecule has 1 atom stereocenters. The van der Waals surface area contributed by atoms with Gasteiger partial charge in [0.1, 0.15) is 0 Å². The smallest absolute Gasteiger partial charge is 0.0730 e. The first-order chi connectivity index (χ1) is 11.3. The second-order valence-corrected chi connectivity index (χ2v) is 6.60. The summed E-state index contributed by atoms with van der Waals surface area (Å²) in [6.07, 6.45) is 2.61. The molecule has 1 aliphatic rings. The summed E-state index contributed by atoms with van der Waals surface area (Å²) in [7, 11) is 0. The van der Waals surface area contributed by atoms with Crippen molar-refractivity contribution in [1.29, 1.82) is 0 Å². The SMILES string of the molecule is C[C@H]1CCCN(c2cc(-c3ccccc3)nc3ccccc23)C1. The van der Waals surface area contributed by atoms with E-state index in [0.717, 1.165) is 30.2 Å². The van der Waals surface area contributed by atoms with E-state index in [0.29, 0.717) is 0 Å². The van der Waals surface area contributed by atoms with Crippen molar-refractivity contribution in [2.45, 2.75) is 19.8 Å². The number of benzene rings is 2. The van der Waals surface area contributed by atoms with Gasteiger partial charge in [0, 0.05) is 29.7 Å². The monoisotopic (exact) mass is 302 g/mol. The molecular weight excluding hydrogens is 280 g/mol. The number of para-hydroxylation sites is 1. The van der Waals surface area contributed by atoms with Crippen molar-refractivity contribution in [1.82, 2.24) is 4.98 Å². The van der Waals surface area contributed by atoms with Crippen LogP contribution in [0.5, 0.6) is 0 Å². The van der Waals surface area contributed by atoms with E-state index < -0.39 is 0 Å². The van der Waals surface area contributed by atoms with Crippen molar-refractivity contribution in [2.24, 2.45) is 5.92 Å². The molecule has 116 valence electrons. The van der Waals surface area contributed by atoms with Gasteiger partial charge in [0.2, 0.25) is 0 Å². The Balaban J connectivity index is 1.87. The third-order valence-corrected chi connectivity index (χ3v) is 4.76. The highest BCUT2D eigenvalue weighted by Crippen LogP contribution is 2.33. The Labute approximate surface area is 137 Å². The van der Waals surface area contributed by atoms with Crippen LogP contribution < -0.4 is 4.90 Å². The number of hydrogen-bond donors (Lipinski definition) is 0. The molecule has 3 aromatic rings. The lowest BCUT2D eigenvalue weighted by Gasteiger charge is -2.33. The van der Waals surface area contributed by atoms with Gasteiger partial charge in [-0.3, -0.25) is 0 Å². The lowest BCUT2D eigenvalue weighted by Crippen LogP contribution is -2.34. The van der Waals surface area contributed by atoms with Crippen LogP contribution in [-0.2, 0) is 0 Å². The summed E-state index contributed by atoms with van der Waals surface area (Å²) in [5, 5.41) is 1.27. The molecule has 2 aromatic carbocycles. The summed E-state index contributed by atoms with van der Waals surface area (Å²) >= 11 is 0. The molecule has 0 radical (unpaired) electrons. The van der Waals surface area contributed by atoms with E-state index >= 15 is 0 Å². The quantitative estimate of drug-likeness (QED) is 0.651. The van der Waals surface area contributed by atoms with Crippen LogP contribution in [0.4, 0.5) is 5.69 Å². The number of anilines is 1. The van der Waals surface area contributed by atoms with Crippen LogP contribution in [0, 0.1) is 5.92 Å². The van der Waals surface area contributed by atoms with Gasteiger partial charge in [0.05, 0.1) is 11.2 Å². The fourth-order valence-electron chi connectivity index (χ4n) is 3.58. The zero-order chi connectivity index (χ0) is 15.6. The van der Waals surface area contributed by atoms with Gasteiger partial charge in [-0.15, -0.1) is 0 Å². The number of rotatable bonds is 2. The molecule has 1 saturated heterocycles. The van der Waals surface area contributed by atoms with Crippen LogP contribution in [0.3, 0.4) is 0 Å². The molecule has 23 heavy (non-hydrogen) atoms.